The van der Waals surface area contributed by atoms with Crippen molar-refractivity contribution < 1.29 is 13.2 Å². The summed E-state index contributed by atoms with van der Waals surface area (Å²) >= 11 is 0. The number of hydrazone groups is 1. The van der Waals surface area contributed by atoms with Crippen LogP contribution in [0.25, 0.3) is 10.8 Å². The molecule has 0 bridgehead atoms. The van der Waals surface area contributed by atoms with Gasteiger partial charge in [-0.05, 0) is 29.0 Å². The maximum atomic E-state index is 12.3. The SMILES string of the molecule is C=CCOc1ccc2ccccc2c1/C=N\NS(=O)(=O)c1ccccc1. The molecule has 6 heteroatoms. The summed E-state index contributed by atoms with van der Waals surface area (Å²) in [4.78, 5) is 2.39. The number of hydrogen-bond acceptors (Lipinski definition) is 4. The first-order valence-electron chi connectivity index (χ1n) is 7.97. The average molecular weight is 366 g/mol. The highest BCUT2D eigenvalue weighted by atomic mass is 32.2. The van der Waals surface area contributed by atoms with Crippen LogP contribution in [0.5, 0.6) is 5.75 Å². The van der Waals surface area contributed by atoms with Crippen molar-refractivity contribution in [1.29, 1.82) is 0 Å². The van der Waals surface area contributed by atoms with Crippen molar-refractivity contribution in [3.05, 3.63) is 84.9 Å². The van der Waals surface area contributed by atoms with E-state index in [0.717, 1.165) is 10.8 Å². The molecule has 0 aliphatic carbocycles. The highest BCUT2D eigenvalue weighted by Crippen LogP contribution is 2.26. The van der Waals surface area contributed by atoms with Gasteiger partial charge in [-0.15, -0.1) is 0 Å². The molecular formula is C20H18N2O3S. The van der Waals surface area contributed by atoms with Crippen molar-refractivity contribution in [2.45, 2.75) is 4.90 Å². The van der Waals surface area contributed by atoms with Gasteiger partial charge in [0.05, 0.1) is 11.1 Å². The third-order valence-corrected chi connectivity index (χ3v) is 4.95. The van der Waals surface area contributed by atoms with Crippen LogP contribution in [-0.4, -0.2) is 21.2 Å². The molecule has 0 fully saturated rings. The number of nitrogens with one attached hydrogen (secondary N) is 1. The highest BCUT2D eigenvalue weighted by Gasteiger charge is 2.12. The lowest BCUT2D eigenvalue weighted by atomic mass is 10.0. The second-order valence-electron chi connectivity index (χ2n) is 5.46. The Kier molecular flexibility index (Phi) is 5.34. The van der Waals surface area contributed by atoms with Crippen molar-refractivity contribution in [2.24, 2.45) is 5.10 Å². The number of hydrogen-bond donors (Lipinski definition) is 1. The van der Waals surface area contributed by atoms with E-state index in [2.05, 4.69) is 16.5 Å². The van der Waals surface area contributed by atoms with E-state index in [-0.39, 0.29) is 4.90 Å². The minimum atomic E-state index is -3.72. The van der Waals surface area contributed by atoms with Crippen LogP contribution in [0.2, 0.25) is 0 Å². The molecule has 0 heterocycles. The zero-order valence-electron chi connectivity index (χ0n) is 14.0. The normalized spacial score (nSPS) is 11.5. The summed E-state index contributed by atoms with van der Waals surface area (Å²) in [6.45, 7) is 3.99. The van der Waals surface area contributed by atoms with Crippen molar-refractivity contribution in [3.63, 3.8) is 0 Å². The molecule has 0 radical (unpaired) electrons. The first-order chi connectivity index (χ1) is 12.6. The summed E-state index contributed by atoms with van der Waals surface area (Å²) in [5, 5.41) is 5.86. The molecule has 0 spiro atoms. The third-order valence-electron chi connectivity index (χ3n) is 3.71. The Morgan fingerprint density at radius 2 is 1.73 bits per heavy atom. The monoisotopic (exact) mass is 366 g/mol. The summed E-state index contributed by atoms with van der Waals surface area (Å²) in [5.41, 5.74) is 0.695. The van der Waals surface area contributed by atoms with E-state index in [9.17, 15) is 8.42 Å². The Bertz CT molecular complexity index is 1050. The maximum absolute atomic E-state index is 12.3. The molecule has 0 unspecified atom stereocenters. The first-order valence-corrected chi connectivity index (χ1v) is 9.45. The zero-order valence-corrected chi connectivity index (χ0v) is 14.8. The second-order valence-corrected chi connectivity index (χ2v) is 7.13. The van der Waals surface area contributed by atoms with Gasteiger partial charge in [-0.1, -0.05) is 61.2 Å². The van der Waals surface area contributed by atoms with E-state index >= 15 is 0 Å². The lowest BCUT2D eigenvalue weighted by molar-refractivity contribution is 0.363. The van der Waals surface area contributed by atoms with Gasteiger partial charge in [0.2, 0.25) is 0 Å². The Morgan fingerprint density at radius 1 is 1.00 bits per heavy atom. The molecule has 3 aromatic rings. The fourth-order valence-corrected chi connectivity index (χ4v) is 3.31. The van der Waals surface area contributed by atoms with E-state index in [1.54, 1.807) is 24.3 Å². The fraction of sp³-hybridized carbons (Fsp3) is 0.0500. The summed E-state index contributed by atoms with van der Waals surface area (Å²) in [6, 6.07) is 19.6. The summed E-state index contributed by atoms with van der Waals surface area (Å²) in [5.74, 6) is 0.603. The van der Waals surface area contributed by atoms with Gasteiger partial charge in [0.15, 0.2) is 0 Å². The zero-order chi connectivity index (χ0) is 18.4. The molecule has 0 atom stereocenters. The molecule has 0 aliphatic rings. The number of sulfonamides is 1. The van der Waals surface area contributed by atoms with Gasteiger partial charge in [0.25, 0.3) is 10.0 Å². The number of fused-ring (bicyclic) bond motifs is 1. The molecule has 0 saturated carbocycles. The highest BCUT2D eigenvalue weighted by molar-refractivity contribution is 7.89. The number of rotatable bonds is 7. The van der Waals surface area contributed by atoms with Crippen LogP contribution in [0.3, 0.4) is 0 Å². The molecule has 26 heavy (non-hydrogen) atoms. The van der Waals surface area contributed by atoms with Crippen molar-refractivity contribution in [2.75, 3.05) is 6.61 Å². The summed E-state index contributed by atoms with van der Waals surface area (Å²) < 4.78 is 30.2. The molecular weight excluding hydrogens is 348 g/mol. The van der Waals surface area contributed by atoms with Gasteiger partial charge >= 0.3 is 0 Å². The van der Waals surface area contributed by atoms with Crippen LogP contribution >= 0.6 is 0 Å². The molecule has 1 N–H and O–H groups in total. The fourth-order valence-electron chi connectivity index (χ4n) is 2.50. The Morgan fingerprint density at radius 3 is 2.50 bits per heavy atom. The maximum Gasteiger partial charge on any atom is 0.276 e. The minimum Gasteiger partial charge on any atom is -0.489 e. The van der Waals surface area contributed by atoms with Crippen LogP contribution in [-0.2, 0) is 10.0 Å². The van der Waals surface area contributed by atoms with Crippen molar-refractivity contribution >= 4 is 27.0 Å². The lowest BCUT2D eigenvalue weighted by Crippen LogP contribution is -2.18. The standard InChI is InChI=1S/C20H18N2O3S/c1-2-14-25-20-13-12-16-8-6-7-11-18(16)19(20)15-21-22-26(23,24)17-9-4-3-5-10-17/h2-13,15,22H,1,14H2/b21-15-. The molecule has 0 amide bonds. The largest absolute Gasteiger partial charge is 0.489 e. The molecule has 132 valence electrons. The van der Waals surface area contributed by atoms with E-state index in [1.807, 2.05) is 36.4 Å². The smallest absolute Gasteiger partial charge is 0.276 e. The predicted molar refractivity (Wildman–Crippen MR) is 104 cm³/mol. The van der Waals surface area contributed by atoms with Crippen LogP contribution < -0.4 is 9.57 Å². The average Bonchev–Trinajstić information content (AvgIpc) is 2.67. The lowest BCUT2D eigenvalue weighted by Gasteiger charge is -2.10. The van der Waals surface area contributed by atoms with Crippen molar-refractivity contribution in [1.82, 2.24) is 4.83 Å². The number of ether oxygens (including phenoxy) is 1. The van der Waals surface area contributed by atoms with E-state index in [0.29, 0.717) is 17.9 Å². The topological polar surface area (TPSA) is 67.8 Å². The van der Waals surface area contributed by atoms with Crippen LogP contribution in [0, 0.1) is 0 Å². The van der Waals surface area contributed by atoms with Gasteiger partial charge in [0, 0.05) is 5.56 Å². The quantitative estimate of drug-likeness (QED) is 0.394. The molecule has 5 nitrogen and oxygen atoms in total. The molecule has 0 aliphatic heterocycles. The summed E-state index contributed by atoms with van der Waals surface area (Å²) in [7, 11) is -3.72. The van der Waals surface area contributed by atoms with Gasteiger partial charge < -0.3 is 4.74 Å². The molecule has 3 rings (SSSR count). The van der Waals surface area contributed by atoms with Gasteiger partial charge in [0.1, 0.15) is 12.4 Å². The van der Waals surface area contributed by atoms with Crippen LogP contribution in [0.15, 0.2) is 89.4 Å². The Labute approximate surface area is 152 Å². The van der Waals surface area contributed by atoms with Crippen LogP contribution in [0.1, 0.15) is 5.56 Å². The minimum absolute atomic E-state index is 0.151. The van der Waals surface area contributed by atoms with Gasteiger partial charge in [-0.3, -0.25) is 0 Å². The van der Waals surface area contributed by atoms with E-state index in [4.69, 9.17) is 4.74 Å². The predicted octanol–water partition coefficient (Wildman–Crippen LogP) is 3.72. The molecule has 0 saturated heterocycles. The second kappa shape index (κ2) is 7.84. The summed E-state index contributed by atoms with van der Waals surface area (Å²) in [6.07, 6.45) is 3.11. The van der Waals surface area contributed by atoms with Gasteiger partial charge in [-0.25, -0.2) is 4.83 Å². The molecule has 0 aromatic heterocycles. The van der Waals surface area contributed by atoms with E-state index < -0.39 is 10.0 Å². The van der Waals surface area contributed by atoms with Gasteiger partial charge in [-0.2, -0.15) is 13.5 Å². The van der Waals surface area contributed by atoms with E-state index in [1.165, 1.54) is 18.3 Å². The van der Waals surface area contributed by atoms with Crippen LogP contribution in [0.4, 0.5) is 0 Å². The number of benzene rings is 3. The third kappa shape index (κ3) is 3.92. The first kappa shape index (κ1) is 17.7. The van der Waals surface area contributed by atoms with Crippen molar-refractivity contribution in [3.8, 4) is 5.75 Å². The Balaban J connectivity index is 1.94. The Hall–Kier alpha value is -3.12. The molecule has 3 aromatic carbocycles. The number of nitrogens with zero attached hydrogens (tertiary/aromatic N) is 1.